The van der Waals surface area contributed by atoms with Gasteiger partial charge in [0.25, 0.3) is 0 Å². The van der Waals surface area contributed by atoms with Crippen LogP contribution in [0.25, 0.3) is 10.8 Å². The minimum absolute atomic E-state index is 0.0220. The summed E-state index contributed by atoms with van der Waals surface area (Å²) in [7, 11) is 0. The highest BCUT2D eigenvalue weighted by Crippen LogP contribution is 2.37. The van der Waals surface area contributed by atoms with Crippen LogP contribution in [0.4, 0.5) is 0 Å². The second-order valence-corrected chi connectivity index (χ2v) is 12.3. The third-order valence-electron chi connectivity index (χ3n) is 8.75. The Balaban J connectivity index is 1.46. The van der Waals surface area contributed by atoms with E-state index in [1.807, 2.05) is 36.4 Å². The topological polar surface area (TPSA) is 52.6 Å². The second-order valence-electron chi connectivity index (χ2n) is 12.3. The lowest BCUT2D eigenvalue weighted by molar-refractivity contribution is -0.0181. The maximum Gasteiger partial charge on any atom is 0.338 e. The minimum Gasteiger partial charge on any atom is -0.458 e. The Morgan fingerprint density at radius 2 is 1.06 bits per heavy atom. The molecule has 36 heavy (non-hydrogen) atoms. The maximum atomic E-state index is 13.0. The molecule has 2 aliphatic carbocycles. The lowest BCUT2D eigenvalue weighted by Crippen LogP contribution is -2.35. The van der Waals surface area contributed by atoms with E-state index < -0.39 is 0 Å². The van der Waals surface area contributed by atoms with Crippen LogP contribution >= 0.6 is 0 Å². The molecule has 0 saturated heterocycles. The molecule has 0 N–H and O–H groups in total. The Hall–Kier alpha value is -2.36. The lowest BCUT2D eigenvalue weighted by atomic mass is 9.75. The Bertz CT molecular complexity index is 986. The molecule has 0 spiro atoms. The van der Waals surface area contributed by atoms with Gasteiger partial charge in [0.2, 0.25) is 0 Å². The van der Waals surface area contributed by atoms with Gasteiger partial charge in [-0.15, -0.1) is 0 Å². The molecule has 4 heteroatoms. The molecule has 2 aromatic rings. The van der Waals surface area contributed by atoms with E-state index in [-0.39, 0.29) is 24.1 Å². The van der Waals surface area contributed by atoms with Crippen LogP contribution in [-0.2, 0) is 9.47 Å². The number of benzene rings is 2. The smallest absolute Gasteiger partial charge is 0.338 e. The Labute approximate surface area is 217 Å². The highest BCUT2D eigenvalue weighted by molar-refractivity contribution is 5.99. The third-order valence-corrected chi connectivity index (χ3v) is 8.75. The highest BCUT2D eigenvalue weighted by atomic mass is 16.5. The van der Waals surface area contributed by atoms with E-state index in [0.717, 1.165) is 36.5 Å². The van der Waals surface area contributed by atoms with Gasteiger partial charge in [0.05, 0.1) is 11.1 Å². The number of fused-ring (bicyclic) bond motifs is 1. The molecule has 2 saturated carbocycles. The number of ether oxygens (including phenoxy) is 2. The first-order valence-electron chi connectivity index (χ1n) is 14.1. The van der Waals surface area contributed by atoms with Crippen LogP contribution in [-0.4, -0.2) is 24.1 Å². The fourth-order valence-electron chi connectivity index (χ4n) is 6.41. The average molecular weight is 493 g/mol. The Kier molecular flexibility index (Phi) is 8.42. The summed E-state index contributed by atoms with van der Waals surface area (Å²) in [5, 5.41) is 1.84. The van der Waals surface area contributed by atoms with Crippen LogP contribution < -0.4 is 0 Å². The summed E-state index contributed by atoms with van der Waals surface area (Å²) >= 11 is 0. The zero-order chi connectivity index (χ0) is 26.0. The van der Waals surface area contributed by atoms with Gasteiger partial charge in [0.1, 0.15) is 12.2 Å². The van der Waals surface area contributed by atoms with Gasteiger partial charge in [-0.25, -0.2) is 9.59 Å². The molecule has 4 rings (SSSR count). The summed E-state index contributed by atoms with van der Waals surface area (Å²) in [4.78, 5) is 26.1. The quantitative estimate of drug-likeness (QED) is 0.383. The second kappa shape index (κ2) is 11.4. The molecule has 196 valence electrons. The molecular formula is C32H44O4. The van der Waals surface area contributed by atoms with Crippen LogP contribution in [0.15, 0.2) is 36.4 Å². The molecule has 0 aromatic heterocycles. The Morgan fingerprint density at radius 3 is 1.42 bits per heavy atom. The maximum absolute atomic E-state index is 13.0. The summed E-state index contributed by atoms with van der Waals surface area (Å²) in [5.74, 6) is 2.49. The third kappa shape index (κ3) is 6.12. The molecule has 2 aliphatic rings. The van der Waals surface area contributed by atoms with Crippen LogP contribution in [0.2, 0.25) is 0 Å². The van der Waals surface area contributed by atoms with Gasteiger partial charge in [0, 0.05) is 0 Å². The van der Waals surface area contributed by atoms with Crippen molar-refractivity contribution in [3.8, 4) is 0 Å². The monoisotopic (exact) mass is 492 g/mol. The van der Waals surface area contributed by atoms with Gasteiger partial charge in [0.15, 0.2) is 0 Å². The first-order valence-corrected chi connectivity index (χ1v) is 14.1. The summed E-state index contributed by atoms with van der Waals surface area (Å²) in [6.45, 7) is 13.4. The number of hydrogen-bond donors (Lipinski definition) is 0. The van der Waals surface area contributed by atoms with E-state index in [4.69, 9.17) is 9.47 Å². The summed E-state index contributed by atoms with van der Waals surface area (Å²) in [5.41, 5.74) is 1.13. The summed E-state index contributed by atoms with van der Waals surface area (Å²) < 4.78 is 12.1. The number of carbonyl (C=O) groups excluding carboxylic acids is 2. The molecule has 0 amide bonds. The molecule has 0 heterocycles. The fraction of sp³-hybridized carbons (Fsp3) is 0.625. The van der Waals surface area contributed by atoms with E-state index in [1.165, 1.54) is 12.8 Å². The largest absolute Gasteiger partial charge is 0.458 e. The zero-order valence-electron chi connectivity index (χ0n) is 23.0. The number of esters is 2. The van der Waals surface area contributed by atoms with Crippen molar-refractivity contribution in [1.29, 1.82) is 0 Å². The standard InChI is InChI=1S/C32H44O4/c1-19(2)27-13-7-21(5)15-29(27)35-31(33)25-11-9-24-18-26(12-10-23(24)17-25)32(34)36-30-16-22(6)8-14-28(30)20(3)4/h9-12,17-22,27-30H,7-8,13-16H2,1-6H3/t21-,22-,27+,28+,29-,30-/m1/s1. The summed E-state index contributed by atoms with van der Waals surface area (Å²) in [6.07, 6.45) is 6.47. The van der Waals surface area contributed by atoms with Crippen LogP contribution in [0.3, 0.4) is 0 Å². The number of hydrogen-bond acceptors (Lipinski definition) is 4. The molecule has 6 atom stereocenters. The molecular weight excluding hydrogens is 448 g/mol. The molecule has 2 fully saturated rings. The van der Waals surface area contributed by atoms with Crippen molar-refractivity contribution in [1.82, 2.24) is 0 Å². The van der Waals surface area contributed by atoms with Crippen molar-refractivity contribution in [2.75, 3.05) is 0 Å². The van der Waals surface area contributed by atoms with Crippen molar-refractivity contribution in [3.63, 3.8) is 0 Å². The molecule has 2 aromatic carbocycles. The average Bonchev–Trinajstić information content (AvgIpc) is 2.83. The normalized spacial score (nSPS) is 28.9. The molecule has 0 radical (unpaired) electrons. The van der Waals surface area contributed by atoms with Gasteiger partial charge in [-0.1, -0.05) is 66.5 Å². The van der Waals surface area contributed by atoms with Crippen LogP contribution in [0.5, 0.6) is 0 Å². The van der Waals surface area contributed by atoms with E-state index in [0.29, 0.717) is 46.6 Å². The van der Waals surface area contributed by atoms with Gasteiger partial charge in [-0.2, -0.15) is 0 Å². The fourth-order valence-corrected chi connectivity index (χ4v) is 6.41. The van der Waals surface area contributed by atoms with E-state index in [9.17, 15) is 9.59 Å². The number of rotatable bonds is 6. The highest BCUT2D eigenvalue weighted by Gasteiger charge is 2.35. The van der Waals surface area contributed by atoms with Crippen LogP contribution in [0, 0.1) is 35.5 Å². The predicted octanol–water partition coefficient (Wildman–Crippen LogP) is 8.08. The van der Waals surface area contributed by atoms with Crippen molar-refractivity contribution >= 4 is 22.7 Å². The minimum atomic E-state index is -0.253. The van der Waals surface area contributed by atoms with Gasteiger partial charge in [-0.05, 0) is 96.2 Å². The molecule has 0 aliphatic heterocycles. The molecule has 0 bridgehead atoms. The molecule has 4 nitrogen and oxygen atoms in total. The predicted molar refractivity (Wildman–Crippen MR) is 145 cm³/mol. The number of carbonyl (C=O) groups is 2. The SMILES string of the molecule is CC(C)[C@@H]1CC[C@@H](C)C[C@H]1OC(=O)c1ccc2cc(C(=O)O[C@@H]3C[C@H](C)CC[C@H]3C(C)C)ccc2c1. The first kappa shape index (κ1) is 26.7. The van der Waals surface area contributed by atoms with Gasteiger partial charge in [-0.3, -0.25) is 0 Å². The van der Waals surface area contributed by atoms with Gasteiger partial charge >= 0.3 is 11.9 Å². The van der Waals surface area contributed by atoms with Gasteiger partial charge < -0.3 is 9.47 Å². The molecule has 0 unspecified atom stereocenters. The van der Waals surface area contributed by atoms with E-state index in [2.05, 4.69) is 41.5 Å². The van der Waals surface area contributed by atoms with Crippen molar-refractivity contribution in [2.45, 2.75) is 92.3 Å². The lowest BCUT2D eigenvalue weighted by Gasteiger charge is -2.36. The van der Waals surface area contributed by atoms with E-state index >= 15 is 0 Å². The van der Waals surface area contributed by atoms with Crippen molar-refractivity contribution in [2.24, 2.45) is 35.5 Å². The first-order chi connectivity index (χ1) is 17.1. The van der Waals surface area contributed by atoms with Crippen molar-refractivity contribution in [3.05, 3.63) is 47.5 Å². The van der Waals surface area contributed by atoms with Crippen molar-refractivity contribution < 1.29 is 19.1 Å². The summed E-state index contributed by atoms with van der Waals surface area (Å²) in [6, 6.07) is 11.2. The Morgan fingerprint density at radius 1 is 0.667 bits per heavy atom. The van der Waals surface area contributed by atoms with E-state index in [1.54, 1.807) is 0 Å². The zero-order valence-corrected chi connectivity index (χ0v) is 23.0. The van der Waals surface area contributed by atoms with Crippen LogP contribution in [0.1, 0.15) is 101 Å².